The van der Waals surface area contributed by atoms with Gasteiger partial charge in [-0.1, -0.05) is 35.4 Å². The van der Waals surface area contributed by atoms with E-state index in [1.54, 1.807) is 43.5 Å². The van der Waals surface area contributed by atoms with Gasteiger partial charge in [0.1, 0.15) is 5.75 Å². The number of methoxy groups -OCH3 is 1. The highest BCUT2D eigenvalue weighted by Gasteiger charge is 2.19. The van der Waals surface area contributed by atoms with Gasteiger partial charge in [-0.2, -0.15) is 0 Å². The van der Waals surface area contributed by atoms with Crippen LogP contribution in [-0.2, 0) is 9.84 Å². The molecule has 6 nitrogen and oxygen atoms in total. The van der Waals surface area contributed by atoms with Gasteiger partial charge in [-0.3, -0.25) is 4.99 Å². The van der Waals surface area contributed by atoms with E-state index in [0.29, 0.717) is 16.7 Å². The number of nitrogens with one attached hydrogen (secondary N) is 3. The van der Waals surface area contributed by atoms with E-state index in [2.05, 4.69) is 15.6 Å². The third-order valence-corrected chi connectivity index (χ3v) is 6.46. The van der Waals surface area contributed by atoms with Gasteiger partial charge in [0, 0.05) is 5.69 Å². The van der Waals surface area contributed by atoms with Crippen LogP contribution in [0.25, 0.3) is 0 Å². The highest BCUT2D eigenvalue weighted by molar-refractivity contribution is 7.91. The van der Waals surface area contributed by atoms with E-state index >= 15 is 0 Å². The Kier molecular flexibility index (Phi) is 7.61. The van der Waals surface area contributed by atoms with Crippen LogP contribution in [0, 0.1) is 13.8 Å². The fourth-order valence-corrected chi connectivity index (χ4v) is 4.16. The van der Waals surface area contributed by atoms with Gasteiger partial charge in [-0.05, 0) is 74.6 Å². The SMILES string of the molecule is COc1ccc(C(NC(=S)Nc2ccc(C)cc2)=[NH+]CS(=O)(=O)c2ccc(C)cc2)cc1. The maximum Gasteiger partial charge on any atom is 0.282 e. The first-order chi connectivity index (χ1) is 15.3. The molecule has 166 valence electrons. The molecule has 3 aromatic carbocycles. The van der Waals surface area contributed by atoms with Crippen molar-refractivity contribution in [1.82, 2.24) is 5.32 Å². The molecule has 0 aliphatic rings. The Hall–Kier alpha value is -3.23. The molecule has 0 spiro atoms. The molecule has 0 aliphatic carbocycles. The fraction of sp³-hybridized carbons (Fsp3) is 0.167. The second kappa shape index (κ2) is 10.4. The van der Waals surface area contributed by atoms with Gasteiger partial charge < -0.3 is 10.1 Å². The Morgan fingerprint density at radius 3 is 2.03 bits per heavy atom. The summed E-state index contributed by atoms with van der Waals surface area (Å²) in [5.74, 6) is 0.867. The van der Waals surface area contributed by atoms with Crippen LogP contribution in [0.15, 0.2) is 77.7 Å². The lowest BCUT2D eigenvalue weighted by Gasteiger charge is -2.09. The summed E-state index contributed by atoms with van der Waals surface area (Å²) < 4.78 is 30.8. The highest BCUT2D eigenvalue weighted by atomic mass is 32.2. The largest absolute Gasteiger partial charge is 0.497 e. The second-order valence-electron chi connectivity index (χ2n) is 7.30. The lowest BCUT2D eigenvalue weighted by atomic mass is 10.2. The summed E-state index contributed by atoms with van der Waals surface area (Å²) in [6.45, 7) is 3.92. The van der Waals surface area contributed by atoms with E-state index in [4.69, 9.17) is 17.0 Å². The van der Waals surface area contributed by atoms with E-state index < -0.39 is 9.84 Å². The van der Waals surface area contributed by atoms with Crippen molar-refractivity contribution in [2.24, 2.45) is 0 Å². The number of hydrogen-bond donors (Lipinski definition) is 3. The molecule has 0 saturated carbocycles. The van der Waals surface area contributed by atoms with Gasteiger partial charge in [-0.15, -0.1) is 0 Å². The standard InChI is InChI=1S/C24H25N3O3S2/c1-17-4-10-20(11-5-17)26-24(31)27-23(19-8-12-21(30-3)13-9-19)25-16-32(28,29)22-14-6-18(2)7-15-22/h4-15H,16H2,1-3H3,(H2,25,26,27,31)/p+1. The van der Waals surface area contributed by atoms with Crippen LogP contribution >= 0.6 is 12.2 Å². The van der Waals surface area contributed by atoms with Crippen molar-refractivity contribution in [3.8, 4) is 5.75 Å². The predicted molar refractivity (Wildman–Crippen MR) is 132 cm³/mol. The molecule has 0 bridgehead atoms. The van der Waals surface area contributed by atoms with Crippen molar-refractivity contribution >= 4 is 38.7 Å². The monoisotopic (exact) mass is 468 g/mol. The minimum absolute atomic E-state index is 0.255. The quantitative estimate of drug-likeness (QED) is 0.293. The Labute approximate surface area is 194 Å². The van der Waals surface area contributed by atoms with Crippen LogP contribution in [0.3, 0.4) is 0 Å². The molecule has 0 aliphatic heterocycles. The Morgan fingerprint density at radius 1 is 0.906 bits per heavy atom. The zero-order chi connectivity index (χ0) is 23.1. The van der Waals surface area contributed by atoms with Gasteiger partial charge >= 0.3 is 0 Å². The molecule has 3 aromatic rings. The summed E-state index contributed by atoms with van der Waals surface area (Å²) in [6, 6.07) is 21.8. The third-order valence-electron chi connectivity index (χ3n) is 4.75. The Morgan fingerprint density at radius 2 is 1.47 bits per heavy atom. The normalized spacial score (nSPS) is 11.7. The number of ether oxygens (including phenoxy) is 1. The zero-order valence-electron chi connectivity index (χ0n) is 18.2. The predicted octanol–water partition coefficient (Wildman–Crippen LogP) is 2.56. The number of aryl methyl sites for hydroxylation is 2. The molecule has 0 aromatic heterocycles. The van der Waals surface area contributed by atoms with E-state index in [-0.39, 0.29) is 10.8 Å². The summed E-state index contributed by atoms with van der Waals surface area (Å²) in [5, 5.41) is 6.53. The van der Waals surface area contributed by atoms with Crippen molar-refractivity contribution in [3.63, 3.8) is 0 Å². The lowest BCUT2D eigenvalue weighted by molar-refractivity contribution is -0.434. The molecule has 8 heteroatoms. The van der Waals surface area contributed by atoms with Crippen molar-refractivity contribution in [2.45, 2.75) is 18.7 Å². The van der Waals surface area contributed by atoms with Crippen molar-refractivity contribution < 1.29 is 18.1 Å². The van der Waals surface area contributed by atoms with E-state index in [1.807, 2.05) is 50.2 Å². The maximum absolute atomic E-state index is 12.8. The first-order valence-electron chi connectivity index (χ1n) is 9.96. The molecular formula is C24H26N3O3S2+. The van der Waals surface area contributed by atoms with Gasteiger partial charge in [0.25, 0.3) is 10.9 Å². The lowest BCUT2D eigenvalue weighted by Crippen LogP contribution is -2.78. The Bertz CT molecular complexity index is 1200. The molecular weight excluding hydrogens is 442 g/mol. The molecule has 0 saturated heterocycles. The third kappa shape index (κ3) is 6.38. The smallest absolute Gasteiger partial charge is 0.282 e. The summed E-state index contributed by atoms with van der Waals surface area (Å²) in [7, 11) is -1.96. The fourth-order valence-electron chi connectivity index (χ4n) is 2.88. The minimum atomic E-state index is -3.55. The van der Waals surface area contributed by atoms with E-state index in [0.717, 1.165) is 22.4 Å². The zero-order valence-corrected chi connectivity index (χ0v) is 19.8. The van der Waals surface area contributed by atoms with Crippen molar-refractivity contribution in [3.05, 3.63) is 89.5 Å². The number of benzene rings is 3. The molecule has 0 fully saturated rings. The maximum atomic E-state index is 12.8. The van der Waals surface area contributed by atoms with Crippen LogP contribution < -0.4 is 20.4 Å². The van der Waals surface area contributed by atoms with Gasteiger partial charge in [0.15, 0.2) is 5.88 Å². The Balaban J connectivity index is 1.84. The highest BCUT2D eigenvalue weighted by Crippen LogP contribution is 2.12. The average molecular weight is 469 g/mol. The molecule has 0 heterocycles. The summed E-state index contributed by atoms with van der Waals surface area (Å²) in [6.07, 6.45) is 0. The van der Waals surface area contributed by atoms with Crippen molar-refractivity contribution in [1.29, 1.82) is 0 Å². The molecule has 32 heavy (non-hydrogen) atoms. The van der Waals surface area contributed by atoms with Crippen LogP contribution in [0.1, 0.15) is 16.7 Å². The van der Waals surface area contributed by atoms with Crippen LogP contribution in [0.4, 0.5) is 5.69 Å². The van der Waals surface area contributed by atoms with Crippen LogP contribution in [-0.4, -0.2) is 32.4 Å². The molecule has 0 atom stereocenters. The second-order valence-corrected chi connectivity index (χ2v) is 9.70. The molecule has 0 radical (unpaired) electrons. The number of rotatable bonds is 6. The summed E-state index contributed by atoms with van der Waals surface area (Å²) in [5.41, 5.74) is 3.70. The summed E-state index contributed by atoms with van der Waals surface area (Å²) in [4.78, 5) is 3.26. The van der Waals surface area contributed by atoms with E-state index in [1.165, 1.54) is 0 Å². The topological polar surface area (TPSA) is 81.4 Å². The van der Waals surface area contributed by atoms with Crippen LogP contribution in [0.2, 0.25) is 0 Å². The average Bonchev–Trinajstić information content (AvgIpc) is 2.78. The van der Waals surface area contributed by atoms with Crippen molar-refractivity contribution in [2.75, 3.05) is 18.3 Å². The number of anilines is 1. The molecule has 3 N–H and O–H groups in total. The van der Waals surface area contributed by atoms with Gasteiger partial charge in [0.2, 0.25) is 9.84 Å². The first-order valence-corrected chi connectivity index (χ1v) is 12.0. The van der Waals surface area contributed by atoms with E-state index in [9.17, 15) is 8.42 Å². The molecule has 3 rings (SSSR count). The molecule has 0 amide bonds. The molecule has 0 unspecified atom stereocenters. The van der Waals surface area contributed by atoms with Crippen LogP contribution in [0.5, 0.6) is 5.75 Å². The number of thiocarbonyl (C=S) groups is 1. The number of amidine groups is 1. The van der Waals surface area contributed by atoms with Gasteiger partial charge in [-0.25, -0.2) is 13.7 Å². The minimum Gasteiger partial charge on any atom is -0.497 e. The first kappa shape index (κ1) is 23.4. The number of sulfone groups is 1. The number of hydrogen-bond acceptors (Lipinski definition) is 4. The van der Waals surface area contributed by atoms with Gasteiger partial charge in [0.05, 0.1) is 17.6 Å². The summed E-state index contributed by atoms with van der Waals surface area (Å²) >= 11 is 5.45.